The number of aliphatic hydroxyl groups is 1. The minimum Gasteiger partial charge on any atom is -0.491 e. The van der Waals surface area contributed by atoms with Gasteiger partial charge in [0.2, 0.25) is 0 Å². The fraction of sp³-hybridized carbons (Fsp3) is 0.579. The molecule has 1 aromatic rings. The Morgan fingerprint density at radius 3 is 2.52 bits per heavy atom. The van der Waals surface area contributed by atoms with E-state index in [9.17, 15) is 14.7 Å². The Morgan fingerprint density at radius 2 is 1.86 bits per heavy atom. The summed E-state index contributed by atoms with van der Waals surface area (Å²) in [6.45, 7) is 3.87. The highest BCUT2D eigenvalue weighted by Crippen LogP contribution is 2.13. The van der Waals surface area contributed by atoms with Crippen molar-refractivity contribution in [2.24, 2.45) is 0 Å². The van der Waals surface area contributed by atoms with Crippen molar-refractivity contribution in [1.29, 1.82) is 0 Å². The number of nitrogens with one attached hydrogen (secondary N) is 2. The lowest BCUT2D eigenvalue weighted by Crippen LogP contribution is -2.47. The van der Waals surface area contributed by atoms with Crippen molar-refractivity contribution in [1.82, 2.24) is 15.5 Å². The lowest BCUT2D eigenvalue weighted by Gasteiger charge is -2.27. The van der Waals surface area contributed by atoms with Crippen LogP contribution in [0, 0.1) is 0 Å². The summed E-state index contributed by atoms with van der Waals surface area (Å²) in [7, 11) is 0. The molecule has 0 bridgehead atoms. The van der Waals surface area contributed by atoms with Gasteiger partial charge >= 0.3 is 12.0 Å². The molecule has 0 unspecified atom stereocenters. The maximum atomic E-state index is 11.9. The molecule has 0 saturated carbocycles. The van der Waals surface area contributed by atoms with Gasteiger partial charge in [-0.05, 0) is 24.1 Å². The number of morpholine rings is 1. The molecule has 0 aliphatic carbocycles. The lowest BCUT2D eigenvalue weighted by atomic mass is 10.1. The lowest BCUT2D eigenvalue weighted by molar-refractivity contribution is -0.136. The van der Waals surface area contributed by atoms with E-state index in [-0.39, 0.29) is 31.5 Å². The van der Waals surface area contributed by atoms with Crippen LogP contribution in [0.5, 0.6) is 5.75 Å². The van der Waals surface area contributed by atoms with Gasteiger partial charge in [-0.3, -0.25) is 4.79 Å². The topological polar surface area (TPSA) is 120 Å². The zero-order chi connectivity index (χ0) is 20.2. The smallest absolute Gasteiger partial charge is 0.317 e. The number of urea groups is 1. The van der Waals surface area contributed by atoms with Crippen LogP contribution in [0.25, 0.3) is 0 Å². The fourth-order valence-corrected chi connectivity index (χ4v) is 2.66. The second-order valence-corrected chi connectivity index (χ2v) is 6.54. The molecule has 9 nitrogen and oxygen atoms in total. The quantitative estimate of drug-likeness (QED) is 0.376. The molecule has 1 atom stereocenters. The largest absolute Gasteiger partial charge is 0.491 e. The third-order valence-corrected chi connectivity index (χ3v) is 4.25. The Labute approximate surface area is 176 Å². The van der Waals surface area contributed by atoms with E-state index >= 15 is 0 Å². The third-order valence-electron chi connectivity index (χ3n) is 4.25. The van der Waals surface area contributed by atoms with Gasteiger partial charge < -0.3 is 35.2 Å². The predicted octanol–water partition coefficient (Wildman–Crippen LogP) is 0.497. The summed E-state index contributed by atoms with van der Waals surface area (Å²) < 4.78 is 10.7. The monoisotopic (exact) mass is 431 g/mol. The Bertz CT molecular complexity index is 610. The molecule has 2 rings (SSSR count). The number of amides is 2. The van der Waals surface area contributed by atoms with Crippen LogP contribution in [-0.2, 0) is 16.0 Å². The molecular weight excluding hydrogens is 402 g/mol. The number of nitrogens with zero attached hydrogens (tertiary/aromatic N) is 1. The number of carboxylic acids is 1. The first-order valence-corrected chi connectivity index (χ1v) is 9.47. The molecule has 164 valence electrons. The predicted molar refractivity (Wildman–Crippen MR) is 110 cm³/mol. The summed E-state index contributed by atoms with van der Waals surface area (Å²) in [6.07, 6.45) is -0.108. The number of carboxylic acid groups (broad SMARTS) is 1. The van der Waals surface area contributed by atoms with Crippen LogP contribution >= 0.6 is 12.4 Å². The van der Waals surface area contributed by atoms with Crippen molar-refractivity contribution < 1.29 is 29.3 Å². The van der Waals surface area contributed by atoms with Gasteiger partial charge in [0.15, 0.2) is 0 Å². The van der Waals surface area contributed by atoms with Crippen LogP contribution in [0.15, 0.2) is 24.3 Å². The van der Waals surface area contributed by atoms with Crippen molar-refractivity contribution in [2.75, 3.05) is 52.5 Å². The molecule has 0 aromatic heterocycles. The van der Waals surface area contributed by atoms with E-state index in [1.54, 1.807) is 17.0 Å². The van der Waals surface area contributed by atoms with Crippen LogP contribution in [0.2, 0.25) is 0 Å². The van der Waals surface area contributed by atoms with Crippen molar-refractivity contribution in [3.63, 3.8) is 0 Å². The van der Waals surface area contributed by atoms with E-state index < -0.39 is 12.1 Å². The minimum absolute atomic E-state index is 0. The number of aliphatic carboxylic acids is 1. The first-order chi connectivity index (χ1) is 13.5. The van der Waals surface area contributed by atoms with Crippen LogP contribution in [0.1, 0.15) is 12.0 Å². The first kappa shape index (κ1) is 25.0. The summed E-state index contributed by atoms with van der Waals surface area (Å²) in [5.74, 6) is -0.201. The Morgan fingerprint density at radius 1 is 1.17 bits per heavy atom. The number of carbonyl (C=O) groups excluding carboxylic acids is 1. The van der Waals surface area contributed by atoms with Gasteiger partial charge in [0, 0.05) is 39.1 Å². The van der Waals surface area contributed by atoms with E-state index in [1.807, 2.05) is 12.1 Å². The second kappa shape index (κ2) is 14.0. The standard InChI is InChI=1S/C19H29N3O6.ClH/c23-16(13-20-7-8-21-19(26)22-9-11-27-12-10-22)14-28-17-4-1-15(2-5-17)3-6-18(24)25;/h1-2,4-5,16,20,23H,3,6-14H2,(H,21,26)(H,24,25);1H/t16-;/m0./s1. The normalized spacial score (nSPS) is 14.6. The van der Waals surface area contributed by atoms with Gasteiger partial charge in [-0.25, -0.2) is 4.79 Å². The number of hydrogen-bond acceptors (Lipinski definition) is 6. The van der Waals surface area contributed by atoms with Crippen molar-refractivity contribution in [2.45, 2.75) is 18.9 Å². The summed E-state index contributed by atoms with van der Waals surface area (Å²) >= 11 is 0. The van der Waals surface area contributed by atoms with E-state index in [2.05, 4.69) is 10.6 Å². The summed E-state index contributed by atoms with van der Waals surface area (Å²) in [4.78, 5) is 24.2. The van der Waals surface area contributed by atoms with Gasteiger partial charge in [0.25, 0.3) is 0 Å². The maximum absolute atomic E-state index is 11.9. The highest BCUT2D eigenvalue weighted by molar-refractivity contribution is 5.85. The number of rotatable bonds is 11. The Balaban J connectivity index is 0.00000420. The summed E-state index contributed by atoms with van der Waals surface area (Å²) in [5, 5.41) is 24.5. The summed E-state index contributed by atoms with van der Waals surface area (Å²) in [6, 6.07) is 7.07. The first-order valence-electron chi connectivity index (χ1n) is 9.47. The molecule has 1 heterocycles. The van der Waals surface area contributed by atoms with Crippen LogP contribution in [0.3, 0.4) is 0 Å². The number of carbonyl (C=O) groups is 2. The molecule has 10 heteroatoms. The highest BCUT2D eigenvalue weighted by Gasteiger charge is 2.15. The average Bonchev–Trinajstić information content (AvgIpc) is 2.71. The molecule has 2 amide bonds. The molecule has 1 aliphatic heterocycles. The molecule has 4 N–H and O–H groups in total. The third kappa shape index (κ3) is 10.3. The maximum Gasteiger partial charge on any atom is 0.317 e. The van der Waals surface area contributed by atoms with E-state index in [4.69, 9.17) is 14.6 Å². The Hall–Kier alpha value is -2.07. The molecule has 0 spiro atoms. The van der Waals surface area contributed by atoms with Gasteiger partial charge in [-0.1, -0.05) is 12.1 Å². The van der Waals surface area contributed by atoms with Crippen molar-refractivity contribution in [3.8, 4) is 5.75 Å². The molecule has 29 heavy (non-hydrogen) atoms. The molecule has 1 saturated heterocycles. The van der Waals surface area contributed by atoms with E-state index in [0.29, 0.717) is 58.1 Å². The molecule has 1 fully saturated rings. The minimum atomic E-state index is -0.823. The van der Waals surface area contributed by atoms with Gasteiger partial charge in [0.05, 0.1) is 13.2 Å². The van der Waals surface area contributed by atoms with Crippen LogP contribution in [-0.4, -0.2) is 85.8 Å². The summed E-state index contributed by atoms with van der Waals surface area (Å²) in [5.41, 5.74) is 0.927. The van der Waals surface area contributed by atoms with E-state index in [0.717, 1.165) is 5.56 Å². The van der Waals surface area contributed by atoms with Crippen LogP contribution in [0.4, 0.5) is 4.79 Å². The van der Waals surface area contributed by atoms with Gasteiger partial charge in [-0.15, -0.1) is 12.4 Å². The average molecular weight is 432 g/mol. The zero-order valence-electron chi connectivity index (χ0n) is 16.3. The molecule has 1 aliphatic rings. The van der Waals surface area contributed by atoms with Gasteiger partial charge in [-0.2, -0.15) is 0 Å². The highest BCUT2D eigenvalue weighted by atomic mass is 35.5. The van der Waals surface area contributed by atoms with Gasteiger partial charge in [0.1, 0.15) is 18.5 Å². The van der Waals surface area contributed by atoms with Crippen LogP contribution < -0.4 is 15.4 Å². The number of halogens is 1. The second-order valence-electron chi connectivity index (χ2n) is 6.54. The number of aryl methyl sites for hydroxylation is 1. The molecule has 1 aromatic carbocycles. The van der Waals surface area contributed by atoms with E-state index in [1.165, 1.54) is 0 Å². The Kier molecular flexibility index (Phi) is 12.1. The number of hydrogen-bond donors (Lipinski definition) is 4. The number of ether oxygens (including phenoxy) is 2. The number of aliphatic hydroxyl groups excluding tert-OH is 1. The SMILES string of the molecule is Cl.O=C(O)CCc1ccc(OC[C@@H](O)CNCCNC(=O)N2CCOCC2)cc1. The fourth-order valence-electron chi connectivity index (χ4n) is 2.66. The molecular formula is C19H30ClN3O6. The van der Waals surface area contributed by atoms with Crippen molar-refractivity contribution in [3.05, 3.63) is 29.8 Å². The van der Waals surface area contributed by atoms with Crippen molar-refractivity contribution >= 4 is 24.4 Å². The number of benzene rings is 1. The molecule has 0 radical (unpaired) electrons. The zero-order valence-corrected chi connectivity index (χ0v) is 17.2.